The number of nitrogens with zero attached hydrogens (tertiary/aromatic N) is 1. The van der Waals surface area contributed by atoms with Crippen molar-refractivity contribution in [3.8, 4) is 5.75 Å². The second kappa shape index (κ2) is 6.03. The van der Waals surface area contributed by atoms with Gasteiger partial charge in [0.2, 0.25) is 0 Å². The summed E-state index contributed by atoms with van der Waals surface area (Å²) in [5.74, 6) is -0.486. The van der Waals surface area contributed by atoms with Gasteiger partial charge in [-0.25, -0.2) is 0 Å². The Morgan fingerprint density at radius 2 is 1.95 bits per heavy atom. The molecule has 0 radical (unpaired) electrons. The lowest BCUT2D eigenvalue weighted by Gasteiger charge is -2.09. The van der Waals surface area contributed by atoms with E-state index in [1.165, 1.54) is 0 Å². The molecule has 1 aromatic heterocycles. The molecular formula is C17H13ClN2O2. The number of hydrogen-bond donors (Lipinski definition) is 2. The molecule has 22 heavy (non-hydrogen) atoms. The van der Waals surface area contributed by atoms with Crippen molar-refractivity contribution in [2.75, 3.05) is 0 Å². The number of amides is 1. The maximum Gasteiger partial charge on any atom is 0.255 e. The fraction of sp³-hybridized carbons (Fsp3) is 0.0588. The number of aromatic hydroxyl groups is 1. The minimum Gasteiger partial charge on any atom is -0.505 e. The highest BCUT2D eigenvalue weighted by Gasteiger charge is 2.14. The number of aromatic nitrogens is 1. The van der Waals surface area contributed by atoms with Crippen LogP contribution in [0.25, 0.3) is 10.9 Å². The van der Waals surface area contributed by atoms with E-state index in [0.717, 1.165) is 10.9 Å². The smallest absolute Gasteiger partial charge is 0.255 e. The molecule has 0 saturated heterocycles. The van der Waals surface area contributed by atoms with Crippen molar-refractivity contribution in [2.24, 2.45) is 0 Å². The highest BCUT2D eigenvalue weighted by molar-refractivity contribution is 6.31. The Bertz CT molecular complexity index is 849. The van der Waals surface area contributed by atoms with E-state index in [1.54, 1.807) is 30.5 Å². The van der Waals surface area contributed by atoms with Crippen LogP contribution in [0.1, 0.15) is 15.9 Å². The molecular weight excluding hydrogens is 300 g/mol. The molecule has 0 aliphatic heterocycles. The average molecular weight is 313 g/mol. The van der Waals surface area contributed by atoms with E-state index in [-0.39, 0.29) is 23.8 Å². The first-order chi connectivity index (χ1) is 10.7. The van der Waals surface area contributed by atoms with E-state index >= 15 is 0 Å². The monoisotopic (exact) mass is 312 g/mol. The summed E-state index contributed by atoms with van der Waals surface area (Å²) in [4.78, 5) is 16.4. The summed E-state index contributed by atoms with van der Waals surface area (Å²) in [6, 6.07) is 14.2. The number of phenols is 1. The summed E-state index contributed by atoms with van der Waals surface area (Å²) in [6.45, 7) is 0.290. The lowest BCUT2D eigenvalue weighted by Crippen LogP contribution is -2.23. The molecule has 0 bridgehead atoms. The highest BCUT2D eigenvalue weighted by Crippen LogP contribution is 2.26. The largest absolute Gasteiger partial charge is 0.505 e. The number of rotatable bonds is 3. The number of pyridine rings is 1. The van der Waals surface area contributed by atoms with Gasteiger partial charge in [0.15, 0.2) is 5.75 Å². The van der Waals surface area contributed by atoms with E-state index < -0.39 is 0 Å². The third-order valence-corrected chi connectivity index (χ3v) is 3.76. The zero-order valence-electron chi connectivity index (χ0n) is 11.6. The molecule has 0 aliphatic rings. The van der Waals surface area contributed by atoms with Crippen molar-refractivity contribution in [2.45, 2.75) is 6.54 Å². The van der Waals surface area contributed by atoms with Gasteiger partial charge in [-0.1, -0.05) is 41.9 Å². The first-order valence-electron chi connectivity index (χ1n) is 6.75. The molecule has 1 amide bonds. The number of halogens is 1. The van der Waals surface area contributed by atoms with Crippen LogP contribution in [-0.4, -0.2) is 16.0 Å². The van der Waals surface area contributed by atoms with E-state index in [9.17, 15) is 9.90 Å². The third-order valence-electron chi connectivity index (χ3n) is 3.39. The molecule has 0 unspecified atom stereocenters. The molecule has 5 heteroatoms. The van der Waals surface area contributed by atoms with Crippen molar-refractivity contribution in [1.29, 1.82) is 0 Å². The molecule has 0 spiro atoms. The molecule has 4 nitrogen and oxygen atoms in total. The molecule has 1 heterocycles. The van der Waals surface area contributed by atoms with Crippen LogP contribution >= 0.6 is 11.6 Å². The number of carbonyl (C=O) groups excluding carboxylic acids is 1. The van der Waals surface area contributed by atoms with Crippen molar-refractivity contribution >= 4 is 28.4 Å². The quantitative estimate of drug-likeness (QED) is 0.778. The summed E-state index contributed by atoms with van der Waals surface area (Å²) in [5.41, 5.74) is 1.42. The standard InChI is InChI=1S/C17H13ClN2O2/c18-14-6-2-1-4-12(14)10-20-17(22)13-8-7-11-5-3-9-19-15(11)16(13)21/h1-9,21H,10H2,(H,20,22). The van der Waals surface area contributed by atoms with Gasteiger partial charge in [-0.15, -0.1) is 0 Å². The summed E-state index contributed by atoms with van der Waals surface area (Å²) in [5, 5.41) is 14.3. The summed E-state index contributed by atoms with van der Waals surface area (Å²) >= 11 is 6.05. The van der Waals surface area contributed by atoms with Crippen molar-refractivity contribution in [3.05, 3.63) is 70.9 Å². The fourth-order valence-corrected chi connectivity index (χ4v) is 2.43. The Hall–Kier alpha value is -2.59. The van der Waals surface area contributed by atoms with Gasteiger partial charge in [0.25, 0.3) is 5.91 Å². The zero-order valence-corrected chi connectivity index (χ0v) is 12.3. The van der Waals surface area contributed by atoms with Crippen LogP contribution in [0.3, 0.4) is 0 Å². The predicted octanol–water partition coefficient (Wildman–Crippen LogP) is 3.52. The fourth-order valence-electron chi connectivity index (χ4n) is 2.23. The minimum absolute atomic E-state index is 0.116. The number of phenolic OH excluding ortho intramolecular Hbond substituents is 1. The zero-order chi connectivity index (χ0) is 15.5. The maximum atomic E-state index is 12.3. The van der Waals surface area contributed by atoms with Gasteiger partial charge in [0.1, 0.15) is 5.52 Å². The van der Waals surface area contributed by atoms with Crippen molar-refractivity contribution in [3.63, 3.8) is 0 Å². The molecule has 0 aliphatic carbocycles. The Morgan fingerprint density at radius 3 is 2.77 bits per heavy atom. The number of benzene rings is 2. The van der Waals surface area contributed by atoms with Gasteiger partial charge in [-0.2, -0.15) is 0 Å². The molecule has 0 fully saturated rings. The molecule has 110 valence electrons. The van der Waals surface area contributed by atoms with Gasteiger partial charge in [-0.3, -0.25) is 9.78 Å². The number of nitrogens with one attached hydrogen (secondary N) is 1. The average Bonchev–Trinajstić information content (AvgIpc) is 2.54. The molecule has 3 aromatic rings. The second-order valence-corrected chi connectivity index (χ2v) is 5.22. The third kappa shape index (κ3) is 2.73. The van der Waals surface area contributed by atoms with Crippen LogP contribution in [0.4, 0.5) is 0 Å². The van der Waals surface area contributed by atoms with Crippen LogP contribution < -0.4 is 5.32 Å². The SMILES string of the molecule is O=C(NCc1ccccc1Cl)c1ccc2cccnc2c1O. The van der Waals surface area contributed by atoms with E-state index in [4.69, 9.17) is 11.6 Å². The second-order valence-electron chi connectivity index (χ2n) is 4.81. The van der Waals surface area contributed by atoms with E-state index in [2.05, 4.69) is 10.3 Å². The van der Waals surface area contributed by atoms with Crippen molar-refractivity contribution in [1.82, 2.24) is 10.3 Å². The van der Waals surface area contributed by atoms with Gasteiger partial charge in [0, 0.05) is 23.2 Å². The van der Waals surface area contributed by atoms with Crippen molar-refractivity contribution < 1.29 is 9.90 Å². The van der Waals surface area contributed by atoms with Crippen LogP contribution in [0.15, 0.2) is 54.7 Å². The van der Waals surface area contributed by atoms with Crippen LogP contribution in [0.5, 0.6) is 5.75 Å². The van der Waals surface area contributed by atoms with Crippen LogP contribution in [-0.2, 0) is 6.54 Å². The summed E-state index contributed by atoms with van der Waals surface area (Å²) in [7, 11) is 0. The molecule has 0 atom stereocenters. The maximum absolute atomic E-state index is 12.3. The van der Waals surface area contributed by atoms with Crippen LogP contribution in [0.2, 0.25) is 5.02 Å². The lowest BCUT2D eigenvalue weighted by molar-refractivity contribution is 0.0948. The number of carbonyl (C=O) groups is 1. The lowest BCUT2D eigenvalue weighted by atomic mass is 10.1. The Morgan fingerprint density at radius 1 is 1.14 bits per heavy atom. The molecule has 3 rings (SSSR count). The Labute approximate surface area is 132 Å². The minimum atomic E-state index is -0.370. The van der Waals surface area contributed by atoms with Gasteiger partial charge in [0.05, 0.1) is 5.56 Å². The van der Waals surface area contributed by atoms with Crippen LogP contribution in [0, 0.1) is 0 Å². The molecule has 2 N–H and O–H groups in total. The predicted molar refractivity (Wildman–Crippen MR) is 86.0 cm³/mol. The highest BCUT2D eigenvalue weighted by atomic mass is 35.5. The molecule has 0 saturated carbocycles. The summed E-state index contributed by atoms with van der Waals surface area (Å²) < 4.78 is 0. The first-order valence-corrected chi connectivity index (χ1v) is 7.13. The topological polar surface area (TPSA) is 62.2 Å². The van der Waals surface area contributed by atoms with Gasteiger partial charge < -0.3 is 10.4 Å². The normalized spacial score (nSPS) is 10.6. The number of fused-ring (bicyclic) bond motifs is 1. The Balaban J connectivity index is 1.84. The Kier molecular flexibility index (Phi) is 3.94. The number of hydrogen-bond acceptors (Lipinski definition) is 3. The van der Waals surface area contributed by atoms with Gasteiger partial charge >= 0.3 is 0 Å². The first kappa shape index (κ1) is 14.4. The molecule has 2 aromatic carbocycles. The van der Waals surface area contributed by atoms with E-state index in [0.29, 0.717) is 10.5 Å². The summed E-state index contributed by atoms with van der Waals surface area (Å²) in [6.07, 6.45) is 1.58. The van der Waals surface area contributed by atoms with E-state index in [1.807, 2.05) is 24.3 Å². The van der Waals surface area contributed by atoms with Gasteiger partial charge in [-0.05, 0) is 23.8 Å².